The van der Waals surface area contributed by atoms with E-state index in [-0.39, 0.29) is 6.61 Å². The zero-order valence-corrected chi connectivity index (χ0v) is 14.1. The SMILES string of the molecule is C=C[C@H](OC(=O)C(C)NC(=O)OCc1ccccc1)c1ccccc1. The van der Waals surface area contributed by atoms with Crippen LogP contribution in [0.25, 0.3) is 0 Å². The van der Waals surface area contributed by atoms with Crippen LogP contribution in [0.3, 0.4) is 0 Å². The summed E-state index contributed by atoms with van der Waals surface area (Å²) in [5, 5.41) is 2.46. The lowest BCUT2D eigenvalue weighted by molar-refractivity contribution is -0.149. The second-order valence-corrected chi connectivity index (χ2v) is 5.43. The van der Waals surface area contributed by atoms with Crippen LogP contribution in [-0.4, -0.2) is 18.1 Å². The van der Waals surface area contributed by atoms with Crippen molar-refractivity contribution < 1.29 is 19.1 Å². The van der Waals surface area contributed by atoms with Gasteiger partial charge in [-0.05, 0) is 24.1 Å². The molecule has 0 aliphatic rings. The lowest BCUT2D eigenvalue weighted by Crippen LogP contribution is -2.40. The fourth-order valence-electron chi connectivity index (χ4n) is 2.12. The van der Waals surface area contributed by atoms with Crippen molar-refractivity contribution in [2.45, 2.75) is 25.7 Å². The quantitative estimate of drug-likeness (QED) is 0.616. The van der Waals surface area contributed by atoms with E-state index in [9.17, 15) is 9.59 Å². The Hall–Kier alpha value is -3.08. The Balaban J connectivity index is 1.82. The number of carbonyl (C=O) groups excluding carboxylic acids is 2. The lowest BCUT2D eigenvalue weighted by atomic mass is 10.1. The molecule has 0 spiro atoms. The van der Waals surface area contributed by atoms with Crippen molar-refractivity contribution in [2.75, 3.05) is 0 Å². The molecule has 0 aliphatic heterocycles. The molecule has 0 saturated heterocycles. The predicted molar refractivity (Wildman–Crippen MR) is 94.7 cm³/mol. The standard InChI is InChI=1S/C20H21NO4/c1-3-18(17-12-8-5-9-13-17)25-19(22)15(2)21-20(23)24-14-16-10-6-4-7-11-16/h3-13,15,18H,1,14H2,2H3,(H,21,23)/t15?,18-/m0/s1. The van der Waals surface area contributed by atoms with Gasteiger partial charge in [0.2, 0.25) is 0 Å². The fourth-order valence-corrected chi connectivity index (χ4v) is 2.12. The number of amides is 1. The second-order valence-electron chi connectivity index (χ2n) is 5.43. The van der Waals surface area contributed by atoms with Crippen LogP contribution in [0, 0.1) is 0 Å². The van der Waals surface area contributed by atoms with Crippen molar-refractivity contribution in [3.63, 3.8) is 0 Å². The summed E-state index contributed by atoms with van der Waals surface area (Å²) in [4.78, 5) is 24.0. The summed E-state index contributed by atoms with van der Waals surface area (Å²) in [5.41, 5.74) is 1.67. The number of ether oxygens (including phenoxy) is 2. The van der Waals surface area contributed by atoms with Crippen LogP contribution in [0.2, 0.25) is 0 Å². The number of alkyl carbamates (subject to hydrolysis) is 1. The first-order valence-corrected chi connectivity index (χ1v) is 7.95. The van der Waals surface area contributed by atoms with Gasteiger partial charge in [-0.15, -0.1) is 0 Å². The number of hydrogen-bond acceptors (Lipinski definition) is 4. The summed E-state index contributed by atoms with van der Waals surface area (Å²) >= 11 is 0. The number of nitrogens with one attached hydrogen (secondary N) is 1. The third-order valence-corrected chi connectivity index (χ3v) is 3.49. The van der Waals surface area contributed by atoms with E-state index in [1.54, 1.807) is 0 Å². The largest absolute Gasteiger partial charge is 0.452 e. The van der Waals surface area contributed by atoms with Gasteiger partial charge >= 0.3 is 12.1 Å². The van der Waals surface area contributed by atoms with Gasteiger partial charge in [0, 0.05) is 0 Å². The first-order valence-electron chi connectivity index (χ1n) is 7.95. The summed E-state index contributed by atoms with van der Waals surface area (Å²) in [6.07, 6.45) is 0.287. The van der Waals surface area contributed by atoms with Crippen molar-refractivity contribution in [2.24, 2.45) is 0 Å². The molecule has 0 aliphatic carbocycles. The van der Waals surface area contributed by atoms with Gasteiger partial charge in [0.25, 0.3) is 0 Å². The molecule has 1 amide bonds. The first-order chi connectivity index (χ1) is 12.1. The molecule has 2 aromatic rings. The summed E-state index contributed by atoms with van der Waals surface area (Å²) < 4.78 is 10.5. The Kier molecular flexibility index (Phi) is 6.77. The summed E-state index contributed by atoms with van der Waals surface area (Å²) in [5.74, 6) is -0.564. The molecule has 0 aromatic heterocycles. The highest BCUT2D eigenvalue weighted by atomic mass is 16.6. The molecule has 130 valence electrons. The molecule has 5 nitrogen and oxygen atoms in total. The van der Waals surface area contributed by atoms with Crippen molar-refractivity contribution >= 4 is 12.1 Å². The Morgan fingerprint density at radius 2 is 1.68 bits per heavy atom. The van der Waals surface area contributed by atoms with Crippen molar-refractivity contribution in [1.29, 1.82) is 0 Å². The predicted octanol–water partition coefficient (Wildman–Crippen LogP) is 3.77. The van der Waals surface area contributed by atoms with Gasteiger partial charge < -0.3 is 14.8 Å². The van der Waals surface area contributed by atoms with E-state index in [4.69, 9.17) is 9.47 Å². The average molecular weight is 339 g/mol. The highest BCUT2D eigenvalue weighted by Gasteiger charge is 2.21. The number of hydrogen-bond donors (Lipinski definition) is 1. The Morgan fingerprint density at radius 1 is 1.08 bits per heavy atom. The van der Waals surface area contributed by atoms with Crippen molar-refractivity contribution in [3.05, 3.63) is 84.4 Å². The van der Waals surface area contributed by atoms with Crippen LogP contribution in [0.15, 0.2) is 73.3 Å². The van der Waals surface area contributed by atoms with Crippen LogP contribution in [0.1, 0.15) is 24.2 Å². The topological polar surface area (TPSA) is 64.6 Å². The molecule has 0 saturated carbocycles. The lowest BCUT2D eigenvalue weighted by Gasteiger charge is -2.18. The minimum Gasteiger partial charge on any atom is -0.452 e. The van der Waals surface area contributed by atoms with Crippen molar-refractivity contribution in [3.8, 4) is 0 Å². The van der Waals surface area contributed by atoms with E-state index in [0.717, 1.165) is 11.1 Å². The monoisotopic (exact) mass is 339 g/mol. The molecule has 0 fully saturated rings. The maximum Gasteiger partial charge on any atom is 0.408 e. The summed E-state index contributed by atoms with van der Waals surface area (Å²) in [6, 6.07) is 17.7. The van der Waals surface area contributed by atoms with Crippen LogP contribution < -0.4 is 5.32 Å². The van der Waals surface area contributed by atoms with Crippen LogP contribution >= 0.6 is 0 Å². The highest BCUT2D eigenvalue weighted by Crippen LogP contribution is 2.18. The first kappa shape index (κ1) is 18.3. The Bertz CT molecular complexity index is 700. The molecule has 1 N–H and O–H groups in total. The molecular formula is C20H21NO4. The van der Waals surface area contributed by atoms with E-state index < -0.39 is 24.2 Å². The van der Waals surface area contributed by atoms with Gasteiger partial charge in [-0.3, -0.25) is 0 Å². The maximum atomic E-state index is 12.2. The van der Waals surface area contributed by atoms with Gasteiger partial charge in [-0.2, -0.15) is 0 Å². The molecule has 2 rings (SSSR count). The number of carbonyl (C=O) groups is 2. The molecular weight excluding hydrogens is 318 g/mol. The van der Waals surface area contributed by atoms with E-state index >= 15 is 0 Å². The zero-order chi connectivity index (χ0) is 18.1. The molecule has 0 radical (unpaired) electrons. The van der Waals surface area contributed by atoms with Gasteiger partial charge in [-0.1, -0.05) is 67.2 Å². The number of rotatable bonds is 7. The molecule has 0 bridgehead atoms. The summed E-state index contributed by atoms with van der Waals surface area (Å²) in [6.45, 7) is 5.36. The van der Waals surface area contributed by atoms with E-state index in [1.807, 2.05) is 60.7 Å². The molecule has 1 unspecified atom stereocenters. The Morgan fingerprint density at radius 3 is 2.28 bits per heavy atom. The second kappa shape index (κ2) is 9.27. The third kappa shape index (κ3) is 5.80. The van der Waals surface area contributed by atoms with Crippen molar-refractivity contribution in [1.82, 2.24) is 5.32 Å². The Labute approximate surface area is 147 Å². The minimum absolute atomic E-state index is 0.133. The smallest absolute Gasteiger partial charge is 0.408 e. The van der Waals surface area contributed by atoms with Crippen LogP contribution in [0.5, 0.6) is 0 Å². The van der Waals surface area contributed by atoms with Crippen LogP contribution in [0.4, 0.5) is 4.79 Å². The maximum absolute atomic E-state index is 12.2. The van der Waals surface area contributed by atoms with Crippen LogP contribution in [-0.2, 0) is 20.9 Å². The molecule has 2 aromatic carbocycles. The fraction of sp³-hybridized carbons (Fsp3) is 0.200. The van der Waals surface area contributed by atoms with Gasteiger partial charge in [0.1, 0.15) is 18.8 Å². The third-order valence-electron chi connectivity index (χ3n) is 3.49. The number of esters is 1. The average Bonchev–Trinajstić information content (AvgIpc) is 2.65. The molecule has 5 heteroatoms. The number of benzene rings is 2. The van der Waals surface area contributed by atoms with Gasteiger partial charge in [0.15, 0.2) is 0 Å². The molecule has 25 heavy (non-hydrogen) atoms. The zero-order valence-electron chi connectivity index (χ0n) is 14.1. The summed E-state index contributed by atoms with van der Waals surface area (Å²) in [7, 11) is 0. The van der Waals surface area contributed by atoms with E-state index in [0.29, 0.717) is 0 Å². The van der Waals surface area contributed by atoms with Gasteiger partial charge in [-0.25, -0.2) is 9.59 Å². The van der Waals surface area contributed by atoms with Gasteiger partial charge in [0.05, 0.1) is 0 Å². The van der Waals surface area contributed by atoms with E-state index in [2.05, 4.69) is 11.9 Å². The minimum atomic E-state index is -0.838. The normalized spacial score (nSPS) is 12.5. The molecule has 0 heterocycles. The molecule has 2 atom stereocenters. The van der Waals surface area contributed by atoms with E-state index in [1.165, 1.54) is 13.0 Å². The highest BCUT2D eigenvalue weighted by molar-refractivity contribution is 5.81.